The lowest BCUT2D eigenvalue weighted by molar-refractivity contribution is -0.139. The first-order chi connectivity index (χ1) is 9.61. The van der Waals surface area contributed by atoms with Gasteiger partial charge in [-0.2, -0.15) is 0 Å². The average molecular weight is 284 g/mol. The lowest BCUT2D eigenvalue weighted by Gasteiger charge is -2.30. The number of carboxylic acids is 1. The number of carboxylic acid groups (broad SMARTS) is 1. The van der Waals surface area contributed by atoms with Crippen molar-refractivity contribution in [2.45, 2.75) is 57.2 Å². The van der Waals surface area contributed by atoms with Gasteiger partial charge in [-0.05, 0) is 44.9 Å². The minimum absolute atomic E-state index is 0.404. The molecular weight excluding hydrogens is 256 g/mol. The first kappa shape index (κ1) is 15.7. The van der Waals surface area contributed by atoms with E-state index in [1.165, 1.54) is 12.8 Å². The van der Waals surface area contributed by atoms with Crippen molar-refractivity contribution in [3.8, 4) is 0 Å². The summed E-state index contributed by atoms with van der Waals surface area (Å²) in [4.78, 5) is 13.7. The highest BCUT2D eigenvalue weighted by molar-refractivity contribution is 5.73. The largest absolute Gasteiger partial charge is 0.480 e. The molecule has 2 saturated carbocycles. The molecule has 2 rings (SSSR count). The van der Waals surface area contributed by atoms with Gasteiger partial charge in [-0.1, -0.05) is 0 Å². The maximum absolute atomic E-state index is 11.3. The molecule has 2 aliphatic rings. The fourth-order valence-corrected chi connectivity index (χ4v) is 2.71. The number of nitrogens with one attached hydrogen (secondary N) is 1. The number of carbonyl (C=O) groups is 1. The van der Waals surface area contributed by atoms with Crippen LogP contribution < -0.4 is 5.32 Å². The Morgan fingerprint density at radius 3 is 2.55 bits per heavy atom. The fourth-order valence-electron chi connectivity index (χ4n) is 2.71. The predicted molar refractivity (Wildman–Crippen MR) is 77.8 cm³/mol. The Labute approximate surface area is 121 Å². The van der Waals surface area contributed by atoms with Gasteiger partial charge in [0.25, 0.3) is 0 Å². The number of hydrogen-bond acceptors (Lipinski definition) is 4. The van der Waals surface area contributed by atoms with Gasteiger partial charge in [0.15, 0.2) is 0 Å². The van der Waals surface area contributed by atoms with Crippen LogP contribution >= 0.6 is 0 Å². The number of nitrogens with zero attached hydrogens (tertiary/aromatic N) is 1. The van der Waals surface area contributed by atoms with Crippen molar-refractivity contribution < 1.29 is 14.6 Å². The van der Waals surface area contributed by atoms with Crippen LogP contribution in [-0.4, -0.2) is 60.9 Å². The van der Waals surface area contributed by atoms with Crippen LogP contribution in [-0.2, 0) is 9.53 Å². The molecule has 2 fully saturated rings. The number of methoxy groups -OCH3 is 1. The molecule has 5 nitrogen and oxygen atoms in total. The predicted octanol–water partition coefficient (Wildman–Crippen LogP) is 1.33. The van der Waals surface area contributed by atoms with Gasteiger partial charge in [-0.3, -0.25) is 9.69 Å². The van der Waals surface area contributed by atoms with Crippen molar-refractivity contribution in [3.05, 3.63) is 0 Å². The lowest BCUT2D eigenvalue weighted by Crippen LogP contribution is -2.44. The molecule has 0 heterocycles. The van der Waals surface area contributed by atoms with Gasteiger partial charge >= 0.3 is 5.97 Å². The molecule has 2 aliphatic carbocycles. The summed E-state index contributed by atoms with van der Waals surface area (Å²) >= 11 is 0. The van der Waals surface area contributed by atoms with E-state index in [2.05, 4.69) is 17.1 Å². The van der Waals surface area contributed by atoms with E-state index in [9.17, 15) is 9.90 Å². The van der Waals surface area contributed by atoms with E-state index in [0.717, 1.165) is 31.8 Å². The van der Waals surface area contributed by atoms with Crippen molar-refractivity contribution >= 4 is 5.97 Å². The summed E-state index contributed by atoms with van der Waals surface area (Å²) < 4.78 is 5.18. The summed E-state index contributed by atoms with van der Waals surface area (Å²) in [6.45, 7) is 4.70. The molecule has 20 heavy (non-hydrogen) atoms. The van der Waals surface area contributed by atoms with Gasteiger partial charge in [0.1, 0.15) is 6.04 Å². The molecule has 0 aromatic rings. The van der Waals surface area contributed by atoms with Crippen LogP contribution in [0.5, 0.6) is 0 Å². The molecule has 0 aromatic heterocycles. The first-order valence-electron chi connectivity index (χ1n) is 7.83. The van der Waals surface area contributed by atoms with Crippen LogP contribution in [0.3, 0.4) is 0 Å². The molecule has 2 unspecified atom stereocenters. The number of aliphatic carboxylic acids is 1. The third-order valence-electron chi connectivity index (χ3n) is 4.48. The molecule has 0 saturated heterocycles. The summed E-state index contributed by atoms with van der Waals surface area (Å²) in [6, 6.07) is 0.573. The van der Waals surface area contributed by atoms with Crippen LogP contribution in [0.2, 0.25) is 0 Å². The minimum atomic E-state index is -0.720. The number of rotatable bonds is 11. The van der Waals surface area contributed by atoms with Gasteiger partial charge in [-0.15, -0.1) is 0 Å². The van der Waals surface area contributed by atoms with Crippen LogP contribution in [0.4, 0.5) is 0 Å². The second kappa shape index (κ2) is 7.38. The van der Waals surface area contributed by atoms with Gasteiger partial charge in [0, 0.05) is 32.3 Å². The molecule has 116 valence electrons. The van der Waals surface area contributed by atoms with E-state index in [1.807, 2.05) is 0 Å². The number of hydrogen-bond donors (Lipinski definition) is 2. The van der Waals surface area contributed by atoms with E-state index in [4.69, 9.17) is 4.74 Å². The highest BCUT2D eigenvalue weighted by atomic mass is 16.5. The van der Waals surface area contributed by atoms with Crippen molar-refractivity contribution in [3.63, 3.8) is 0 Å². The fraction of sp³-hybridized carbons (Fsp3) is 0.933. The summed E-state index contributed by atoms with van der Waals surface area (Å²) in [6.07, 6.45) is 5.54. The van der Waals surface area contributed by atoms with Crippen LogP contribution in [0.1, 0.15) is 39.0 Å². The van der Waals surface area contributed by atoms with Crippen molar-refractivity contribution in [1.82, 2.24) is 10.2 Å². The zero-order valence-corrected chi connectivity index (χ0v) is 12.7. The highest BCUT2D eigenvalue weighted by Gasteiger charge is 2.33. The minimum Gasteiger partial charge on any atom is -0.480 e. The van der Waals surface area contributed by atoms with E-state index in [1.54, 1.807) is 7.11 Å². The Kier molecular flexibility index (Phi) is 5.81. The van der Waals surface area contributed by atoms with E-state index in [0.29, 0.717) is 25.1 Å². The molecule has 0 radical (unpaired) electrons. The molecule has 2 atom stereocenters. The lowest BCUT2D eigenvalue weighted by atomic mass is 10.1. The van der Waals surface area contributed by atoms with Crippen molar-refractivity contribution in [1.29, 1.82) is 0 Å². The summed E-state index contributed by atoms with van der Waals surface area (Å²) in [5.41, 5.74) is 0. The SMILES string of the molecule is COCCN(CCC(NC1CC1)C(=O)O)C(C)C1CC1. The van der Waals surface area contributed by atoms with E-state index in [-0.39, 0.29) is 0 Å². The molecule has 0 bridgehead atoms. The Hall–Kier alpha value is -0.650. The molecule has 5 heteroatoms. The second-order valence-electron chi connectivity index (χ2n) is 6.23. The molecule has 2 N–H and O–H groups in total. The van der Waals surface area contributed by atoms with Crippen molar-refractivity contribution in [2.24, 2.45) is 5.92 Å². The Morgan fingerprint density at radius 2 is 2.05 bits per heavy atom. The highest BCUT2D eigenvalue weighted by Crippen LogP contribution is 2.35. The van der Waals surface area contributed by atoms with Crippen LogP contribution in [0, 0.1) is 5.92 Å². The maximum Gasteiger partial charge on any atom is 0.320 e. The zero-order valence-electron chi connectivity index (χ0n) is 12.7. The average Bonchev–Trinajstić information content (AvgIpc) is 3.28. The quantitative estimate of drug-likeness (QED) is 0.599. The molecule has 0 amide bonds. The zero-order chi connectivity index (χ0) is 14.5. The summed E-state index contributed by atoms with van der Waals surface area (Å²) in [5, 5.41) is 12.5. The molecule has 0 aliphatic heterocycles. The third-order valence-corrected chi connectivity index (χ3v) is 4.48. The van der Waals surface area contributed by atoms with Crippen molar-refractivity contribution in [2.75, 3.05) is 26.8 Å². The van der Waals surface area contributed by atoms with Gasteiger partial charge in [-0.25, -0.2) is 0 Å². The smallest absolute Gasteiger partial charge is 0.320 e. The summed E-state index contributed by atoms with van der Waals surface area (Å²) in [5.74, 6) is 0.0780. The monoisotopic (exact) mass is 284 g/mol. The normalized spacial score (nSPS) is 21.9. The number of ether oxygens (including phenoxy) is 1. The van der Waals surface area contributed by atoms with Gasteiger partial charge in [0.05, 0.1) is 6.61 Å². The molecule has 0 aromatic carbocycles. The summed E-state index contributed by atoms with van der Waals surface area (Å²) in [7, 11) is 1.72. The Balaban J connectivity index is 1.79. The van der Waals surface area contributed by atoms with Crippen LogP contribution in [0.25, 0.3) is 0 Å². The van der Waals surface area contributed by atoms with Crippen LogP contribution in [0.15, 0.2) is 0 Å². The van der Waals surface area contributed by atoms with E-state index < -0.39 is 12.0 Å². The Bertz CT molecular complexity index is 316. The molecule has 0 spiro atoms. The van der Waals surface area contributed by atoms with E-state index >= 15 is 0 Å². The standard InChI is InChI=1S/C15H28N2O3/c1-11(12-3-4-12)17(9-10-20-2)8-7-14(15(18)19)16-13-5-6-13/h11-14,16H,3-10H2,1-2H3,(H,18,19). The topological polar surface area (TPSA) is 61.8 Å². The first-order valence-corrected chi connectivity index (χ1v) is 7.83. The maximum atomic E-state index is 11.3. The molecular formula is C15H28N2O3. The Morgan fingerprint density at radius 1 is 1.35 bits per heavy atom. The third kappa shape index (κ3) is 5.04. The van der Waals surface area contributed by atoms with Gasteiger partial charge < -0.3 is 15.2 Å². The second-order valence-corrected chi connectivity index (χ2v) is 6.23. The van der Waals surface area contributed by atoms with Gasteiger partial charge in [0.2, 0.25) is 0 Å².